The highest BCUT2D eigenvalue weighted by Gasteiger charge is 2.13. The molecule has 0 amide bonds. The van der Waals surface area contributed by atoms with E-state index in [9.17, 15) is 5.26 Å². The molecule has 5 heteroatoms. The van der Waals surface area contributed by atoms with Crippen LogP contribution in [-0.2, 0) is 0 Å². The molecule has 0 fully saturated rings. The second kappa shape index (κ2) is 10.7. The Morgan fingerprint density at radius 1 is 0.629 bits per heavy atom. The summed E-state index contributed by atoms with van der Waals surface area (Å²) in [5.41, 5.74) is 5.72. The van der Waals surface area contributed by atoms with Crippen LogP contribution in [0.15, 0.2) is 91.0 Å². The van der Waals surface area contributed by atoms with Crippen molar-refractivity contribution in [2.24, 2.45) is 0 Å². The molecule has 35 heavy (non-hydrogen) atoms. The summed E-state index contributed by atoms with van der Waals surface area (Å²) in [6.07, 6.45) is 3.80. The number of hydrogen-bond donors (Lipinski definition) is 0. The molecule has 0 radical (unpaired) electrons. The minimum Gasteiger partial charge on any atom is -0.497 e. The first-order chi connectivity index (χ1) is 17.1. The van der Waals surface area contributed by atoms with E-state index in [1.807, 2.05) is 84.9 Å². The van der Waals surface area contributed by atoms with Crippen LogP contribution in [0.1, 0.15) is 22.3 Å². The highest BCUT2D eigenvalue weighted by Crippen LogP contribution is 2.36. The Bertz CT molecular complexity index is 1360. The van der Waals surface area contributed by atoms with Crippen LogP contribution in [0.5, 0.6) is 11.5 Å². The Hall–Kier alpha value is -5.00. The number of hydrogen-bond acceptors (Lipinski definition) is 5. The predicted molar refractivity (Wildman–Crippen MR) is 139 cm³/mol. The maximum absolute atomic E-state index is 9.37. The maximum Gasteiger partial charge on any atom is 0.119 e. The van der Waals surface area contributed by atoms with Crippen LogP contribution in [0, 0.1) is 22.7 Å². The normalized spacial score (nSPS) is 10.4. The van der Waals surface area contributed by atoms with Gasteiger partial charge in [-0.25, -0.2) is 0 Å². The molecule has 4 aromatic rings. The minimum absolute atomic E-state index is 0.522. The van der Waals surface area contributed by atoms with E-state index in [-0.39, 0.29) is 0 Å². The Kier molecular flexibility index (Phi) is 7.11. The number of ether oxygens (including phenoxy) is 2. The van der Waals surface area contributed by atoms with Crippen molar-refractivity contribution in [1.29, 1.82) is 10.5 Å². The van der Waals surface area contributed by atoms with Crippen molar-refractivity contribution in [2.75, 3.05) is 19.1 Å². The van der Waals surface area contributed by atoms with Crippen LogP contribution in [0.2, 0.25) is 0 Å². The predicted octanol–water partition coefficient (Wildman–Crippen LogP) is 7.09. The molecule has 0 aliphatic carbocycles. The molecular weight excluding hydrogens is 434 g/mol. The molecular formula is C30H23N3O2. The van der Waals surface area contributed by atoms with Crippen molar-refractivity contribution in [3.8, 4) is 23.6 Å². The first kappa shape index (κ1) is 23.2. The average Bonchev–Trinajstić information content (AvgIpc) is 2.93. The Morgan fingerprint density at radius 3 is 1.60 bits per heavy atom. The molecule has 0 aliphatic rings. The number of anilines is 3. The molecule has 0 unspecified atom stereocenters. The number of benzene rings is 4. The van der Waals surface area contributed by atoms with Gasteiger partial charge in [0.15, 0.2) is 0 Å². The van der Waals surface area contributed by atoms with Gasteiger partial charge in [0.05, 0.1) is 37.5 Å². The van der Waals surface area contributed by atoms with Crippen molar-refractivity contribution in [1.82, 2.24) is 0 Å². The molecule has 0 aliphatic heterocycles. The monoisotopic (exact) mass is 457 g/mol. The van der Waals surface area contributed by atoms with Crippen molar-refractivity contribution in [2.45, 2.75) is 0 Å². The number of nitriles is 2. The summed E-state index contributed by atoms with van der Waals surface area (Å²) < 4.78 is 10.6. The van der Waals surface area contributed by atoms with Crippen LogP contribution >= 0.6 is 0 Å². The summed E-state index contributed by atoms with van der Waals surface area (Å²) in [5, 5.41) is 18.5. The van der Waals surface area contributed by atoms with E-state index in [0.29, 0.717) is 16.7 Å². The Labute approximate surface area is 205 Å². The van der Waals surface area contributed by atoms with Crippen molar-refractivity contribution in [3.05, 3.63) is 113 Å². The number of rotatable bonds is 7. The molecule has 170 valence electrons. The molecule has 0 spiro atoms. The molecule has 5 nitrogen and oxygen atoms in total. The van der Waals surface area contributed by atoms with Gasteiger partial charge >= 0.3 is 0 Å². The topological polar surface area (TPSA) is 69.3 Å². The van der Waals surface area contributed by atoms with Gasteiger partial charge in [0.1, 0.15) is 11.5 Å². The fourth-order valence-electron chi connectivity index (χ4n) is 3.70. The fraction of sp³-hybridized carbons (Fsp3) is 0.0667. The highest BCUT2D eigenvalue weighted by atomic mass is 16.5. The lowest BCUT2D eigenvalue weighted by atomic mass is 10.0. The van der Waals surface area contributed by atoms with Gasteiger partial charge in [0.2, 0.25) is 0 Å². The van der Waals surface area contributed by atoms with Gasteiger partial charge in [-0.2, -0.15) is 10.5 Å². The lowest BCUT2D eigenvalue weighted by molar-refractivity contribution is 0.415. The van der Waals surface area contributed by atoms with Crippen molar-refractivity contribution in [3.63, 3.8) is 0 Å². The van der Waals surface area contributed by atoms with Crippen LogP contribution in [0.4, 0.5) is 17.1 Å². The molecule has 0 saturated carbocycles. The van der Waals surface area contributed by atoms with E-state index in [1.54, 1.807) is 32.4 Å². The highest BCUT2D eigenvalue weighted by molar-refractivity contribution is 5.79. The zero-order chi connectivity index (χ0) is 24.6. The summed E-state index contributed by atoms with van der Waals surface area (Å²) in [6, 6.07) is 33.3. The van der Waals surface area contributed by atoms with Crippen LogP contribution in [-0.4, -0.2) is 14.2 Å². The van der Waals surface area contributed by atoms with Crippen LogP contribution in [0.25, 0.3) is 12.2 Å². The van der Waals surface area contributed by atoms with Crippen LogP contribution < -0.4 is 14.4 Å². The summed E-state index contributed by atoms with van der Waals surface area (Å²) in [5.74, 6) is 1.59. The number of nitrogens with zero attached hydrogens (tertiary/aromatic N) is 3. The zero-order valence-corrected chi connectivity index (χ0v) is 19.5. The van der Waals surface area contributed by atoms with Crippen molar-refractivity contribution >= 4 is 29.2 Å². The van der Waals surface area contributed by atoms with E-state index in [2.05, 4.69) is 17.0 Å². The van der Waals surface area contributed by atoms with Gasteiger partial charge in [-0.05, 0) is 90.0 Å². The lowest BCUT2D eigenvalue weighted by Crippen LogP contribution is -2.09. The van der Waals surface area contributed by atoms with Gasteiger partial charge in [-0.15, -0.1) is 0 Å². The third-order valence-corrected chi connectivity index (χ3v) is 5.57. The van der Waals surface area contributed by atoms with Gasteiger partial charge < -0.3 is 14.4 Å². The molecule has 4 aromatic carbocycles. The minimum atomic E-state index is 0.522. The smallest absolute Gasteiger partial charge is 0.119 e. The van der Waals surface area contributed by atoms with Gasteiger partial charge in [0.25, 0.3) is 0 Å². The summed E-state index contributed by atoms with van der Waals surface area (Å²) in [6.45, 7) is 0. The zero-order valence-electron chi connectivity index (χ0n) is 19.5. The quantitative estimate of drug-likeness (QED) is 0.277. The van der Waals surface area contributed by atoms with Crippen molar-refractivity contribution < 1.29 is 9.47 Å². The second-order valence-electron chi connectivity index (χ2n) is 7.68. The SMILES string of the molecule is COc1ccc(N(c2ccc(/C=C/c3cc(C#N)ccc3C#N)cc2)c2ccc(OC)cc2)cc1. The average molecular weight is 458 g/mol. The van der Waals surface area contributed by atoms with E-state index in [1.165, 1.54) is 0 Å². The van der Waals surface area contributed by atoms with E-state index in [0.717, 1.165) is 34.1 Å². The van der Waals surface area contributed by atoms with E-state index < -0.39 is 0 Å². The van der Waals surface area contributed by atoms with Gasteiger partial charge in [0, 0.05) is 17.1 Å². The summed E-state index contributed by atoms with van der Waals surface area (Å²) >= 11 is 0. The fourth-order valence-corrected chi connectivity index (χ4v) is 3.70. The molecule has 0 N–H and O–H groups in total. The molecule has 4 rings (SSSR count). The molecule has 0 bridgehead atoms. The maximum atomic E-state index is 9.37. The molecule has 0 saturated heterocycles. The number of methoxy groups -OCH3 is 2. The Balaban J connectivity index is 1.67. The summed E-state index contributed by atoms with van der Waals surface area (Å²) in [7, 11) is 3.30. The lowest BCUT2D eigenvalue weighted by Gasteiger charge is -2.26. The standard InChI is InChI=1S/C30H23N3O2/c1-34-29-15-11-27(12-16-29)33(28-13-17-30(35-2)18-14-28)26-9-5-22(6-10-26)3-7-24-19-23(20-31)4-8-25(24)21-32/h3-19H,1-2H3/b7-3+. The first-order valence-corrected chi connectivity index (χ1v) is 11.0. The third-order valence-electron chi connectivity index (χ3n) is 5.57. The molecule has 0 heterocycles. The molecule has 0 atom stereocenters. The Morgan fingerprint density at radius 2 is 1.14 bits per heavy atom. The van der Waals surface area contributed by atoms with E-state index in [4.69, 9.17) is 14.7 Å². The molecule has 0 aromatic heterocycles. The first-order valence-electron chi connectivity index (χ1n) is 11.0. The van der Waals surface area contributed by atoms with Crippen LogP contribution in [0.3, 0.4) is 0 Å². The summed E-state index contributed by atoms with van der Waals surface area (Å²) in [4.78, 5) is 2.15. The largest absolute Gasteiger partial charge is 0.497 e. The third kappa shape index (κ3) is 5.33. The van der Waals surface area contributed by atoms with E-state index >= 15 is 0 Å². The van der Waals surface area contributed by atoms with Gasteiger partial charge in [-0.3, -0.25) is 0 Å². The second-order valence-corrected chi connectivity index (χ2v) is 7.68. The van der Waals surface area contributed by atoms with Gasteiger partial charge in [-0.1, -0.05) is 24.3 Å².